The Labute approximate surface area is 87.2 Å². The number of hydrogen-bond acceptors (Lipinski definition) is 2. The molecular formula is C12H22N2. The van der Waals surface area contributed by atoms with Crippen molar-refractivity contribution in [3.05, 3.63) is 0 Å². The molecule has 0 amide bonds. The fraction of sp³-hybridized carbons (Fsp3) is 0.917. The van der Waals surface area contributed by atoms with E-state index in [0.29, 0.717) is 0 Å². The Kier molecular flexibility index (Phi) is 3.84. The lowest BCUT2D eigenvalue weighted by Gasteiger charge is -2.25. The standard InChI is InChI=1S/C12H22N2/c1-3-7-11(8-4-1)12-13-9-5-2-6-10-14-12/h11H,1-10H2,(H,13,14). The molecule has 1 N–H and O–H groups in total. The average molecular weight is 194 g/mol. The Hall–Kier alpha value is -0.530. The summed E-state index contributed by atoms with van der Waals surface area (Å²) in [6.45, 7) is 2.20. The average Bonchev–Trinajstić information content (AvgIpc) is 2.18. The Morgan fingerprint density at radius 3 is 2.57 bits per heavy atom. The van der Waals surface area contributed by atoms with Crippen molar-refractivity contribution in [3.63, 3.8) is 0 Å². The van der Waals surface area contributed by atoms with E-state index in [9.17, 15) is 0 Å². The van der Waals surface area contributed by atoms with Crippen LogP contribution in [0.2, 0.25) is 0 Å². The highest BCUT2D eigenvalue weighted by Crippen LogP contribution is 2.24. The molecule has 1 fully saturated rings. The predicted octanol–water partition coefficient (Wildman–Crippen LogP) is 2.74. The molecule has 1 saturated carbocycles. The van der Waals surface area contributed by atoms with Crippen molar-refractivity contribution in [1.82, 2.24) is 5.32 Å². The van der Waals surface area contributed by atoms with E-state index in [1.54, 1.807) is 0 Å². The molecule has 0 atom stereocenters. The van der Waals surface area contributed by atoms with E-state index >= 15 is 0 Å². The zero-order chi connectivity index (χ0) is 9.64. The van der Waals surface area contributed by atoms with Crippen molar-refractivity contribution < 1.29 is 0 Å². The lowest BCUT2D eigenvalue weighted by atomic mass is 9.88. The monoisotopic (exact) mass is 194 g/mol. The smallest absolute Gasteiger partial charge is 0.0994 e. The molecule has 0 saturated heterocycles. The van der Waals surface area contributed by atoms with E-state index in [4.69, 9.17) is 4.99 Å². The van der Waals surface area contributed by atoms with Crippen LogP contribution in [0.15, 0.2) is 4.99 Å². The van der Waals surface area contributed by atoms with E-state index in [0.717, 1.165) is 19.0 Å². The van der Waals surface area contributed by atoms with Gasteiger partial charge in [-0.3, -0.25) is 4.99 Å². The molecule has 0 bridgehead atoms. The summed E-state index contributed by atoms with van der Waals surface area (Å²) in [5, 5.41) is 3.54. The van der Waals surface area contributed by atoms with Crippen molar-refractivity contribution in [2.75, 3.05) is 13.1 Å². The van der Waals surface area contributed by atoms with Crippen molar-refractivity contribution in [2.24, 2.45) is 10.9 Å². The van der Waals surface area contributed by atoms with Gasteiger partial charge in [0.15, 0.2) is 0 Å². The van der Waals surface area contributed by atoms with Crippen molar-refractivity contribution in [3.8, 4) is 0 Å². The van der Waals surface area contributed by atoms with Gasteiger partial charge in [-0.1, -0.05) is 19.3 Å². The lowest BCUT2D eigenvalue weighted by molar-refractivity contribution is 0.428. The van der Waals surface area contributed by atoms with E-state index in [-0.39, 0.29) is 0 Å². The summed E-state index contributed by atoms with van der Waals surface area (Å²) in [6, 6.07) is 0. The summed E-state index contributed by atoms with van der Waals surface area (Å²) < 4.78 is 0. The maximum Gasteiger partial charge on any atom is 0.0994 e. The van der Waals surface area contributed by atoms with Crippen LogP contribution in [-0.4, -0.2) is 18.9 Å². The summed E-state index contributed by atoms with van der Waals surface area (Å²) in [5.41, 5.74) is 0. The third-order valence-corrected chi connectivity index (χ3v) is 3.42. The minimum absolute atomic E-state index is 0.766. The predicted molar refractivity (Wildman–Crippen MR) is 60.7 cm³/mol. The van der Waals surface area contributed by atoms with E-state index in [1.807, 2.05) is 0 Å². The molecule has 80 valence electrons. The highest BCUT2D eigenvalue weighted by molar-refractivity contribution is 5.84. The van der Waals surface area contributed by atoms with Crippen molar-refractivity contribution in [2.45, 2.75) is 51.4 Å². The van der Waals surface area contributed by atoms with Crippen LogP contribution in [0.1, 0.15) is 51.4 Å². The fourth-order valence-electron chi connectivity index (χ4n) is 2.53. The molecule has 2 nitrogen and oxygen atoms in total. The summed E-state index contributed by atoms with van der Waals surface area (Å²) in [6.07, 6.45) is 10.9. The zero-order valence-corrected chi connectivity index (χ0v) is 9.10. The molecule has 1 aliphatic carbocycles. The second-order valence-electron chi connectivity index (χ2n) is 4.59. The number of nitrogens with zero attached hydrogens (tertiary/aromatic N) is 1. The molecule has 0 aromatic heterocycles. The first kappa shape index (κ1) is 10.0. The van der Waals surface area contributed by atoms with Crippen LogP contribution in [0.5, 0.6) is 0 Å². The van der Waals surface area contributed by atoms with Crippen LogP contribution in [0.25, 0.3) is 0 Å². The summed E-state index contributed by atoms with van der Waals surface area (Å²) in [5.74, 6) is 2.10. The van der Waals surface area contributed by atoms with Crippen LogP contribution in [0, 0.1) is 5.92 Å². The van der Waals surface area contributed by atoms with Crippen LogP contribution in [-0.2, 0) is 0 Å². The molecule has 0 spiro atoms. The Morgan fingerprint density at radius 1 is 0.929 bits per heavy atom. The Balaban J connectivity index is 1.91. The van der Waals surface area contributed by atoms with Gasteiger partial charge in [0.2, 0.25) is 0 Å². The molecule has 0 unspecified atom stereocenters. The van der Waals surface area contributed by atoms with Crippen LogP contribution < -0.4 is 5.32 Å². The third-order valence-electron chi connectivity index (χ3n) is 3.42. The largest absolute Gasteiger partial charge is 0.374 e. The van der Waals surface area contributed by atoms with Gasteiger partial charge in [0.25, 0.3) is 0 Å². The van der Waals surface area contributed by atoms with Gasteiger partial charge >= 0.3 is 0 Å². The van der Waals surface area contributed by atoms with Gasteiger partial charge in [-0.2, -0.15) is 0 Å². The highest BCUT2D eigenvalue weighted by Gasteiger charge is 2.19. The summed E-state index contributed by atoms with van der Waals surface area (Å²) in [7, 11) is 0. The molecule has 2 heteroatoms. The van der Waals surface area contributed by atoms with E-state index < -0.39 is 0 Å². The molecule has 0 aromatic carbocycles. The highest BCUT2D eigenvalue weighted by atomic mass is 15.0. The Bertz CT molecular complexity index is 192. The van der Waals surface area contributed by atoms with E-state index in [1.165, 1.54) is 57.2 Å². The number of aliphatic imine (C=N–C) groups is 1. The maximum absolute atomic E-state index is 4.71. The summed E-state index contributed by atoms with van der Waals surface area (Å²) >= 11 is 0. The quantitative estimate of drug-likeness (QED) is 0.682. The van der Waals surface area contributed by atoms with Gasteiger partial charge < -0.3 is 5.32 Å². The third kappa shape index (κ3) is 2.73. The van der Waals surface area contributed by atoms with Crippen LogP contribution >= 0.6 is 0 Å². The molecule has 1 aliphatic heterocycles. The summed E-state index contributed by atoms with van der Waals surface area (Å²) in [4.78, 5) is 4.71. The molecular weight excluding hydrogens is 172 g/mol. The SMILES string of the molecule is C1CC/N=C(/C2CCCCC2)NCC1. The van der Waals surface area contributed by atoms with Crippen molar-refractivity contribution in [1.29, 1.82) is 0 Å². The van der Waals surface area contributed by atoms with E-state index in [2.05, 4.69) is 5.32 Å². The number of amidine groups is 1. The zero-order valence-electron chi connectivity index (χ0n) is 9.10. The van der Waals surface area contributed by atoms with Gasteiger partial charge in [0.05, 0.1) is 5.84 Å². The normalized spacial score (nSPS) is 29.6. The molecule has 2 aliphatic rings. The fourth-order valence-corrected chi connectivity index (χ4v) is 2.53. The second kappa shape index (κ2) is 5.38. The minimum Gasteiger partial charge on any atom is -0.374 e. The topological polar surface area (TPSA) is 24.4 Å². The van der Waals surface area contributed by atoms with Crippen LogP contribution in [0.4, 0.5) is 0 Å². The minimum atomic E-state index is 0.766. The van der Waals surface area contributed by atoms with Gasteiger partial charge in [-0.25, -0.2) is 0 Å². The van der Waals surface area contributed by atoms with Gasteiger partial charge in [0, 0.05) is 19.0 Å². The molecule has 1 heterocycles. The van der Waals surface area contributed by atoms with Crippen molar-refractivity contribution >= 4 is 5.84 Å². The van der Waals surface area contributed by atoms with Crippen LogP contribution in [0.3, 0.4) is 0 Å². The molecule has 0 aromatic rings. The Morgan fingerprint density at radius 2 is 1.71 bits per heavy atom. The first-order valence-electron chi connectivity index (χ1n) is 6.25. The number of nitrogens with one attached hydrogen (secondary N) is 1. The second-order valence-corrected chi connectivity index (χ2v) is 4.59. The van der Waals surface area contributed by atoms with Gasteiger partial charge in [-0.05, 0) is 32.1 Å². The van der Waals surface area contributed by atoms with Gasteiger partial charge in [0.1, 0.15) is 0 Å². The molecule has 0 radical (unpaired) electrons. The number of rotatable bonds is 1. The number of hydrogen-bond donors (Lipinski definition) is 1. The maximum atomic E-state index is 4.71. The lowest BCUT2D eigenvalue weighted by Crippen LogP contribution is -2.34. The first-order chi connectivity index (χ1) is 6.97. The van der Waals surface area contributed by atoms with Gasteiger partial charge in [-0.15, -0.1) is 0 Å². The first-order valence-corrected chi connectivity index (χ1v) is 6.25. The molecule has 14 heavy (non-hydrogen) atoms. The molecule has 2 rings (SSSR count).